The molecule has 0 aliphatic rings. The highest BCUT2D eigenvalue weighted by atomic mass is 35.5. The number of anilines is 1. The molecule has 6 nitrogen and oxygen atoms in total. The molecule has 164 valence electrons. The van der Waals surface area contributed by atoms with E-state index in [2.05, 4.69) is 15.3 Å². The normalized spacial score (nSPS) is 11.2. The van der Waals surface area contributed by atoms with Gasteiger partial charge < -0.3 is 5.32 Å². The number of aromatic nitrogens is 3. The van der Waals surface area contributed by atoms with Gasteiger partial charge >= 0.3 is 0 Å². The highest BCUT2D eigenvalue weighted by molar-refractivity contribution is 7.99. The van der Waals surface area contributed by atoms with Gasteiger partial charge in [0, 0.05) is 5.02 Å². The van der Waals surface area contributed by atoms with E-state index in [1.54, 1.807) is 22.8 Å². The second-order valence-corrected chi connectivity index (χ2v) is 9.67. The lowest BCUT2D eigenvalue weighted by Crippen LogP contribution is -2.24. The van der Waals surface area contributed by atoms with Crippen molar-refractivity contribution >= 4 is 66.9 Å². The number of para-hydroxylation sites is 2. The molecule has 5 aromatic rings. The van der Waals surface area contributed by atoms with Crippen LogP contribution in [0.2, 0.25) is 5.02 Å². The lowest BCUT2D eigenvalue weighted by atomic mass is 10.2. The summed E-state index contributed by atoms with van der Waals surface area (Å²) < 4.78 is 2.59. The average molecular weight is 493 g/mol. The second-order valence-electron chi connectivity index (χ2n) is 7.26. The van der Waals surface area contributed by atoms with E-state index in [4.69, 9.17) is 11.6 Å². The van der Waals surface area contributed by atoms with E-state index >= 15 is 0 Å². The Morgan fingerprint density at radius 1 is 1.00 bits per heavy atom. The quantitative estimate of drug-likeness (QED) is 0.252. The van der Waals surface area contributed by atoms with Crippen molar-refractivity contribution in [2.24, 2.45) is 0 Å². The molecule has 3 aromatic carbocycles. The molecule has 0 unspecified atom stereocenters. The Bertz CT molecular complexity index is 1510. The summed E-state index contributed by atoms with van der Waals surface area (Å²) in [5, 5.41) is 4.99. The summed E-state index contributed by atoms with van der Waals surface area (Å²) >= 11 is 8.77. The number of carbonyl (C=O) groups excluding carboxylic acids is 1. The summed E-state index contributed by atoms with van der Waals surface area (Å²) in [6, 6.07) is 22.3. The molecule has 1 amide bonds. The molecule has 2 aromatic heterocycles. The van der Waals surface area contributed by atoms with Crippen LogP contribution in [0.5, 0.6) is 0 Å². The summed E-state index contributed by atoms with van der Waals surface area (Å²) in [4.78, 5) is 35.0. The first-order valence-electron chi connectivity index (χ1n) is 10.1. The molecule has 9 heteroatoms. The Labute approximate surface area is 202 Å². The number of benzene rings is 3. The van der Waals surface area contributed by atoms with Gasteiger partial charge in [-0.1, -0.05) is 71.1 Å². The smallest absolute Gasteiger partial charge is 0.262 e. The number of nitrogens with one attached hydrogen (secondary N) is 1. The third-order valence-corrected chi connectivity index (χ3v) is 7.09. The number of thiazole rings is 1. The molecule has 0 saturated heterocycles. The first kappa shape index (κ1) is 21.6. The topological polar surface area (TPSA) is 76.9 Å². The maximum atomic E-state index is 13.2. The van der Waals surface area contributed by atoms with Crippen molar-refractivity contribution in [2.45, 2.75) is 11.7 Å². The fourth-order valence-corrected chi connectivity index (χ4v) is 5.32. The third kappa shape index (κ3) is 4.78. The predicted molar refractivity (Wildman–Crippen MR) is 136 cm³/mol. The van der Waals surface area contributed by atoms with E-state index in [9.17, 15) is 9.59 Å². The first-order chi connectivity index (χ1) is 16.1. The lowest BCUT2D eigenvalue weighted by Gasteiger charge is -2.13. The van der Waals surface area contributed by atoms with Gasteiger partial charge in [-0.05, 0) is 42.0 Å². The number of carbonyl (C=O) groups is 1. The molecule has 0 aliphatic carbocycles. The van der Waals surface area contributed by atoms with Crippen molar-refractivity contribution in [1.82, 2.24) is 14.5 Å². The molecular weight excluding hydrogens is 476 g/mol. The Morgan fingerprint density at radius 2 is 1.79 bits per heavy atom. The number of amides is 1. The van der Waals surface area contributed by atoms with Gasteiger partial charge in [0.15, 0.2) is 10.3 Å². The summed E-state index contributed by atoms with van der Waals surface area (Å²) in [5.41, 5.74) is 2.16. The zero-order valence-electron chi connectivity index (χ0n) is 17.2. The molecule has 33 heavy (non-hydrogen) atoms. The van der Waals surface area contributed by atoms with Crippen LogP contribution in [0.25, 0.3) is 21.1 Å². The molecular formula is C24H17ClN4O2S2. The standard InChI is InChI=1S/C24H17ClN4O2S2/c25-16-7-5-6-15(12-16)13-29-22(31)17-8-1-2-9-18(17)27-24(29)32-14-21(30)28-23-26-19-10-3-4-11-20(19)33-23/h1-12H,13-14H2,(H,26,28,30). The van der Waals surface area contributed by atoms with Gasteiger partial charge in [0.05, 0.1) is 33.4 Å². The molecule has 0 saturated carbocycles. The molecule has 2 heterocycles. The van der Waals surface area contributed by atoms with E-state index < -0.39 is 0 Å². The lowest BCUT2D eigenvalue weighted by molar-refractivity contribution is -0.113. The van der Waals surface area contributed by atoms with Crippen LogP contribution in [-0.2, 0) is 11.3 Å². The molecule has 0 atom stereocenters. The average Bonchev–Trinajstić information content (AvgIpc) is 3.22. The van der Waals surface area contributed by atoms with E-state index in [-0.39, 0.29) is 17.2 Å². The Balaban J connectivity index is 1.41. The van der Waals surface area contributed by atoms with Crippen LogP contribution in [0.3, 0.4) is 0 Å². The van der Waals surface area contributed by atoms with E-state index in [1.807, 2.05) is 54.6 Å². The zero-order chi connectivity index (χ0) is 22.8. The molecule has 1 N–H and O–H groups in total. The second kappa shape index (κ2) is 9.35. The van der Waals surface area contributed by atoms with Crippen molar-refractivity contribution in [3.8, 4) is 0 Å². The van der Waals surface area contributed by atoms with Crippen molar-refractivity contribution in [3.05, 3.63) is 93.7 Å². The van der Waals surface area contributed by atoms with Gasteiger partial charge in [0.1, 0.15) is 0 Å². The molecule has 0 spiro atoms. The molecule has 5 rings (SSSR count). The minimum Gasteiger partial charge on any atom is -0.301 e. The van der Waals surface area contributed by atoms with Crippen LogP contribution < -0.4 is 10.9 Å². The van der Waals surface area contributed by atoms with Gasteiger partial charge in [-0.25, -0.2) is 9.97 Å². The van der Waals surface area contributed by atoms with Crippen molar-refractivity contribution in [3.63, 3.8) is 0 Å². The number of nitrogens with zero attached hydrogens (tertiary/aromatic N) is 3. The van der Waals surface area contributed by atoms with Crippen molar-refractivity contribution in [2.75, 3.05) is 11.1 Å². The predicted octanol–water partition coefficient (Wildman–Crippen LogP) is 5.44. The summed E-state index contributed by atoms with van der Waals surface area (Å²) in [6.45, 7) is 0.305. The number of hydrogen-bond donors (Lipinski definition) is 1. The molecule has 0 radical (unpaired) electrons. The third-order valence-electron chi connectivity index (χ3n) is 4.93. The zero-order valence-corrected chi connectivity index (χ0v) is 19.6. The van der Waals surface area contributed by atoms with Crippen LogP contribution >= 0.6 is 34.7 Å². The van der Waals surface area contributed by atoms with Crippen LogP contribution in [0.1, 0.15) is 5.56 Å². The summed E-state index contributed by atoms with van der Waals surface area (Å²) in [5.74, 6) is -0.119. The monoisotopic (exact) mass is 492 g/mol. The SMILES string of the molecule is O=C(CSc1nc2ccccc2c(=O)n1Cc1cccc(Cl)c1)Nc1nc2ccccc2s1. The van der Waals surface area contributed by atoms with Crippen LogP contribution in [-0.4, -0.2) is 26.2 Å². The fraction of sp³-hybridized carbons (Fsp3) is 0.0833. The van der Waals surface area contributed by atoms with Crippen molar-refractivity contribution < 1.29 is 4.79 Å². The Morgan fingerprint density at radius 3 is 2.61 bits per heavy atom. The van der Waals surface area contributed by atoms with E-state index in [1.165, 1.54) is 23.1 Å². The van der Waals surface area contributed by atoms with Gasteiger partial charge in [0.25, 0.3) is 5.56 Å². The number of halogens is 1. The summed E-state index contributed by atoms with van der Waals surface area (Å²) in [7, 11) is 0. The van der Waals surface area contributed by atoms with Gasteiger partial charge in [-0.2, -0.15) is 0 Å². The number of rotatable bonds is 6. The number of hydrogen-bond acceptors (Lipinski definition) is 6. The van der Waals surface area contributed by atoms with E-state index in [0.717, 1.165) is 15.8 Å². The minimum atomic E-state index is -0.212. The molecule has 0 fully saturated rings. The number of thioether (sulfide) groups is 1. The van der Waals surface area contributed by atoms with Crippen LogP contribution in [0.4, 0.5) is 5.13 Å². The van der Waals surface area contributed by atoms with Gasteiger partial charge in [0.2, 0.25) is 5.91 Å². The summed E-state index contributed by atoms with van der Waals surface area (Å²) in [6.07, 6.45) is 0. The van der Waals surface area contributed by atoms with Crippen LogP contribution in [0, 0.1) is 0 Å². The van der Waals surface area contributed by atoms with Gasteiger partial charge in [-0.15, -0.1) is 0 Å². The maximum absolute atomic E-state index is 13.2. The Hall–Kier alpha value is -3.20. The fourth-order valence-electron chi connectivity index (χ4n) is 3.43. The van der Waals surface area contributed by atoms with E-state index in [0.29, 0.717) is 32.8 Å². The van der Waals surface area contributed by atoms with Crippen molar-refractivity contribution in [1.29, 1.82) is 0 Å². The van der Waals surface area contributed by atoms with Crippen LogP contribution in [0.15, 0.2) is 82.7 Å². The first-order valence-corrected chi connectivity index (χ1v) is 12.3. The largest absolute Gasteiger partial charge is 0.301 e. The molecule has 0 aliphatic heterocycles. The van der Waals surface area contributed by atoms with Gasteiger partial charge in [-0.3, -0.25) is 14.2 Å². The Kier molecular flexibility index (Phi) is 6.13. The maximum Gasteiger partial charge on any atom is 0.262 e. The highest BCUT2D eigenvalue weighted by Crippen LogP contribution is 2.26. The number of fused-ring (bicyclic) bond motifs is 2. The molecule has 0 bridgehead atoms. The highest BCUT2D eigenvalue weighted by Gasteiger charge is 2.15. The minimum absolute atomic E-state index is 0.0935.